The summed E-state index contributed by atoms with van der Waals surface area (Å²) in [5.41, 5.74) is -0.161. The first-order chi connectivity index (χ1) is 17.4. The molecule has 3 fully saturated rings. The largest absolute Gasteiger partial charge is 0.387 e. The summed E-state index contributed by atoms with van der Waals surface area (Å²) in [5, 5.41) is 15.4. The lowest BCUT2D eigenvalue weighted by Gasteiger charge is -2.53. The maximum absolute atomic E-state index is 13.6. The van der Waals surface area contributed by atoms with Crippen molar-refractivity contribution in [3.63, 3.8) is 0 Å². The van der Waals surface area contributed by atoms with Gasteiger partial charge in [0.25, 0.3) is 5.56 Å². The number of aliphatic hydroxyl groups is 1. The summed E-state index contributed by atoms with van der Waals surface area (Å²) in [6, 6.07) is 11.2. The second-order valence-electron chi connectivity index (χ2n) is 10.6. The van der Waals surface area contributed by atoms with Gasteiger partial charge in [0, 0.05) is 56.9 Å². The molecule has 0 radical (unpaired) electrons. The predicted octanol–water partition coefficient (Wildman–Crippen LogP) is 1.95. The standard InChI is InChI=1S/C27H37N5O4/c1-36-17-22-16-28-12-14-32(22)25(34)30-13-11-27(35,26(18-30)9-5-6-10-26)19-31-20-29-23(15-24(31)33)21-7-3-2-4-8-21/h2-4,7-8,15,20,22,28,35H,5-6,9-14,16-19H2,1H3. The summed E-state index contributed by atoms with van der Waals surface area (Å²) in [7, 11) is 1.66. The molecule has 2 unspecified atom stereocenters. The Kier molecular flexibility index (Phi) is 7.14. The first kappa shape index (κ1) is 24.9. The van der Waals surface area contributed by atoms with Crippen LogP contribution >= 0.6 is 0 Å². The molecule has 3 aliphatic rings. The fourth-order valence-corrected chi connectivity index (χ4v) is 6.39. The SMILES string of the molecule is COCC1CNCCN1C(=O)N1CCC(O)(Cn2cnc(-c3ccccc3)cc2=O)C2(CCCC2)C1. The number of amides is 2. The van der Waals surface area contributed by atoms with E-state index in [9.17, 15) is 14.7 Å². The van der Waals surface area contributed by atoms with E-state index in [1.54, 1.807) is 19.5 Å². The van der Waals surface area contributed by atoms with E-state index in [1.807, 2.05) is 40.1 Å². The van der Waals surface area contributed by atoms with Crippen molar-refractivity contribution in [1.82, 2.24) is 24.7 Å². The van der Waals surface area contributed by atoms with Gasteiger partial charge in [-0.15, -0.1) is 0 Å². The molecule has 1 aromatic carbocycles. The molecule has 1 saturated carbocycles. The first-order valence-electron chi connectivity index (χ1n) is 13.0. The number of ether oxygens (including phenoxy) is 1. The highest BCUT2D eigenvalue weighted by Crippen LogP contribution is 2.51. The first-order valence-corrected chi connectivity index (χ1v) is 13.0. The molecule has 2 aliphatic heterocycles. The smallest absolute Gasteiger partial charge is 0.320 e. The number of nitrogens with one attached hydrogen (secondary N) is 1. The van der Waals surface area contributed by atoms with Crippen molar-refractivity contribution in [3.05, 3.63) is 53.1 Å². The second kappa shape index (κ2) is 10.3. The van der Waals surface area contributed by atoms with E-state index >= 15 is 0 Å². The van der Waals surface area contributed by atoms with Crippen LogP contribution in [-0.4, -0.2) is 88.6 Å². The molecule has 9 heteroatoms. The molecule has 1 aromatic heterocycles. The predicted molar refractivity (Wildman–Crippen MR) is 137 cm³/mol. The van der Waals surface area contributed by atoms with Gasteiger partial charge >= 0.3 is 6.03 Å². The van der Waals surface area contributed by atoms with Crippen LogP contribution in [0.25, 0.3) is 11.3 Å². The average Bonchev–Trinajstić information content (AvgIpc) is 3.38. The number of hydrogen-bond donors (Lipinski definition) is 2. The minimum Gasteiger partial charge on any atom is -0.387 e. The van der Waals surface area contributed by atoms with Gasteiger partial charge in [-0.05, 0) is 19.3 Å². The molecule has 2 N–H and O–H groups in total. The summed E-state index contributed by atoms with van der Waals surface area (Å²) in [5.74, 6) is 0. The lowest BCUT2D eigenvalue weighted by atomic mass is 9.66. The lowest BCUT2D eigenvalue weighted by Crippen LogP contribution is -2.65. The van der Waals surface area contributed by atoms with Gasteiger partial charge in [0.2, 0.25) is 0 Å². The molecule has 1 aliphatic carbocycles. The van der Waals surface area contributed by atoms with Crippen LogP contribution < -0.4 is 10.9 Å². The average molecular weight is 496 g/mol. The molecule has 0 bridgehead atoms. The van der Waals surface area contributed by atoms with Crippen molar-refractivity contribution in [2.45, 2.75) is 50.3 Å². The van der Waals surface area contributed by atoms with Crippen LogP contribution in [0.4, 0.5) is 4.79 Å². The number of carbonyl (C=O) groups excluding carboxylic acids is 1. The summed E-state index contributed by atoms with van der Waals surface area (Å²) >= 11 is 0. The molecule has 2 saturated heterocycles. The number of likely N-dealkylation sites (tertiary alicyclic amines) is 1. The highest BCUT2D eigenvalue weighted by molar-refractivity contribution is 5.75. The number of piperidine rings is 1. The van der Waals surface area contributed by atoms with E-state index in [0.717, 1.165) is 44.3 Å². The molecule has 2 aromatic rings. The fourth-order valence-electron chi connectivity index (χ4n) is 6.39. The Morgan fingerprint density at radius 3 is 2.69 bits per heavy atom. The number of nitrogens with zero attached hydrogens (tertiary/aromatic N) is 4. The van der Waals surface area contributed by atoms with E-state index < -0.39 is 11.0 Å². The number of urea groups is 1. The molecule has 2 amide bonds. The Hall–Kier alpha value is -2.75. The maximum Gasteiger partial charge on any atom is 0.320 e. The zero-order chi connectivity index (χ0) is 25.2. The topological polar surface area (TPSA) is 99.9 Å². The molecule has 3 heterocycles. The van der Waals surface area contributed by atoms with Crippen LogP contribution in [0, 0.1) is 5.41 Å². The van der Waals surface area contributed by atoms with Gasteiger partial charge in [-0.25, -0.2) is 9.78 Å². The highest BCUT2D eigenvalue weighted by Gasteiger charge is 2.56. The van der Waals surface area contributed by atoms with Crippen molar-refractivity contribution < 1.29 is 14.6 Å². The number of aromatic nitrogens is 2. The van der Waals surface area contributed by atoms with E-state index in [1.165, 1.54) is 4.57 Å². The number of hydrogen-bond acceptors (Lipinski definition) is 6. The monoisotopic (exact) mass is 495 g/mol. The molecule has 1 spiro atoms. The third kappa shape index (κ3) is 4.67. The summed E-state index contributed by atoms with van der Waals surface area (Å²) in [4.78, 5) is 35.0. The molecule has 5 rings (SSSR count). The number of benzene rings is 1. The van der Waals surface area contributed by atoms with Crippen molar-refractivity contribution >= 4 is 6.03 Å². The third-order valence-electron chi connectivity index (χ3n) is 8.44. The minimum absolute atomic E-state index is 0.00405. The molecule has 194 valence electrons. The van der Waals surface area contributed by atoms with Crippen molar-refractivity contribution in [3.8, 4) is 11.3 Å². The van der Waals surface area contributed by atoms with E-state index in [2.05, 4.69) is 10.3 Å². The number of carbonyl (C=O) groups is 1. The van der Waals surface area contributed by atoms with E-state index in [-0.39, 0.29) is 24.2 Å². The summed E-state index contributed by atoms with van der Waals surface area (Å²) in [6.45, 7) is 3.80. The van der Waals surface area contributed by atoms with Gasteiger partial charge in [-0.2, -0.15) is 0 Å². The van der Waals surface area contributed by atoms with Gasteiger partial charge in [0.05, 0.1) is 36.8 Å². The zero-order valence-corrected chi connectivity index (χ0v) is 21.1. The minimum atomic E-state index is -1.07. The van der Waals surface area contributed by atoms with Crippen molar-refractivity contribution in [2.24, 2.45) is 5.41 Å². The van der Waals surface area contributed by atoms with Gasteiger partial charge < -0.3 is 25.0 Å². The van der Waals surface area contributed by atoms with Crippen LogP contribution in [0.3, 0.4) is 0 Å². The Morgan fingerprint density at radius 2 is 1.97 bits per heavy atom. The molecular weight excluding hydrogens is 458 g/mol. The number of piperazine rings is 1. The van der Waals surface area contributed by atoms with Crippen LogP contribution in [0.2, 0.25) is 0 Å². The fraction of sp³-hybridized carbons (Fsp3) is 0.593. The Bertz CT molecular complexity index is 1110. The van der Waals surface area contributed by atoms with Crippen LogP contribution in [0.5, 0.6) is 0 Å². The van der Waals surface area contributed by atoms with E-state index in [0.29, 0.717) is 38.4 Å². The van der Waals surface area contributed by atoms with Gasteiger partial charge in [0.1, 0.15) is 0 Å². The van der Waals surface area contributed by atoms with Crippen LogP contribution in [0.1, 0.15) is 32.1 Å². The van der Waals surface area contributed by atoms with Crippen molar-refractivity contribution in [2.75, 3.05) is 46.4 Å². The van der Waals surface area contributed by atoms with Gasteiger partial charge in [-0.1, -0.05) is 43.2 Å². The number of methoxy groups -OCH3 is 1. The quantitative estimate of drug-likeness (QED) is 0.658. The van der Waals surface area contributed by atoms with Crippen molar-refractivity contribution in [1.29, 1.82) is 0 Å². The highest BCUT2D eigenvalue weighted by atomic mass is 16.5. The second-order valence-corrected chi connectivity index (χ2v) is 10.6. The maximum atomic E-state index is 13.6. The molecular formula is C27H37N5O4. The Balaban J connectivity index is 1.35. The molecule has 9 nitrogen and oxygen atoms in total. The Morgan fingerprint density at radius 1 is 1.19 bits per heavy atom. The number of rotatable bonds is 5. The zero-order valence-electron chi connectivity index (χ0n) is 21.1. The van der Waals surface area contributed by atoms with Crippen LogP contribution in [0.15, 0.2) is 47.5 Å². The van der Waals surface area contributed by atoms with Gasteiger partial charge in [0.15, 0.2) is 0 Å². The molecule has 2 atom stereocenters. The lowest BCUT2D eigenvalue weighted by molar-refractivity contribution is -0.137. The van der Waals surface area contributed by atoms with Gasteiger partial charge in [-0.3, -0.25) is 9.36 Å². The third-order valence-corrected chi connectivity index (χ3v) is 8.44. The molecule has 36 heavy (non-hydrogen) atoms. The van der Waals surface area contributed by atoms with Crippen LogP contribution in [-0.2, 0) is 11.3 Å². The normalized spacial score (nSPS) is 25.9. The summed E-state index contributed by atoms with van der Waals surface area (Å²) in [6.07, 6.45) is 5.72. The van der Waals surface area contributed by atoms with E-state index in [4.69, 9.17) is 4.74 Å². The summed E-state index contributed by atoms with van der Waals surface area (Å²) < 4.78 is 6.90. The Labute approximate surface area is 212 Å².